The van der Waals surface area contributed by atoms with Gasteiger partial charge >= 0.3 is 17.9 Å². The number of rotatable bonds is 21. The smallest absolute Gasteiger partial charge is 0.338 e. The quantitative estimate of drug-likeness (QED) is 0.0301. The molecule has 15 rings (SSSR count). The van der Waals surface area contributed by atoms with Gasteiger partial charge in [-0.3, -0.25) is 23.3 Å². The Balaban J connectivity index is 0.000000163. The maximum Gasteiger partial charge on any atom is 0.338 e. The van der Waals surface area contributed by atoms with E-state index in [4.69, 9.17) is 60.6 Å². The highest BCUT2D eigenvalue weighted by Gasteiger charge is 2.21. The second-order valence-corrected chi connectivity index (χ2v) is 30.6. The number of halogens is 6. The number of esters is 3. The summed E-state index contributed by atoms with van der Waals surface area (Å²) in [5.74, 6) is -0.924. The molecular formula is C83H82BBr2Cl4N12O6S3. The number of carbonyl (C=O) groups is 3. The van der Waals surface area contributed by atoms with Crippen molar-refractivity contribution in [3.05, 3.63) is 272 Å². The second kappa shape index (κ2) is 42.7. The lowest BCUT2D eigenvalue weighted by Gasteiger charge is -2.06. The highest BCUT2D eigenvalue weighted by molar-refractivity contribution is 9.10. The van der Waals surface area contributed by atoms with Crippen molar-refractivity contribution in [2.45, 2.75) is 125 Å². The lowest BCUT2D eigenvalue weighted by Crippen LogP contribution is -2.04. The Bertz CT molecular complexity index is 5580. The number of benzene rings is 7. The largest absolute Gasteiger partial charge is 0.462 e. The lowest BCUT2D eigenvalue weighted by molar-refractivity contribution is 0.0516. The molecule has 111 heavy (non-hydrogen) atoms. The fourth-order valence-corrected chi connectivity index (χ4v) is 15.6. The molecule has 0 saturated heterocycles. The Morgan fingerprint density at radius 2 is 0.919 bits per heavy atom. The predicted molar refractivity (Wildman–Crippen MR) is 463 cm³/mol. The maximum atomic E-state index is 12.1. The summed E-state index contributed by atoms with van der Waals surface area (Å²) in [7, 11) is 0. The molecule has 0 aliphatic heterocycles. The van der Waals surface area contributed by atoms with Crippen molar-refractivity contribution in [2.75, 3.05) is 19.8 Å². The summed E-state index contributed by atoms with van der Waals surface area (Å²) < 4.78 is 31.1. The van der Waals surface area contributed by atoms with E-state index in [1.54, 1.807) is 80.8 Å². The van der Waals surface area contributed by atoms with Crippen LogP contribution in [-0.2, 0) is 40.4 Å². The van der Waals surface area contributed by atoms with Crippen LogP contribution in [0, 0.1) is 0 Å². The first-order valence-corrected chi connectivity index (χ1v) is 40.9. The zero-order chi connectivity index (χ0) is 78.2. The number of H-pyrrole nitrogens is 1. The van der Waals surface area contributed by atoms with Crippen LogP contribution in [0.15, 0.2) is 259 Å². The molecule has 3 radical (unpaired) electrons. The average molecular weight is 1750 g/mol. The molecule has 0 bridgehead atoms. The average Bonchev–Trinajstić information content (AvgIpc) is 1.62. The predicted octanol–water partition coefficient (Wildman–Crippen LogP) is 23.7. The normalized spacial score (nSPS) is 10.8. The zero-order valence-corrected chi connectivity index (χ0v) is 70.8. The van der Waals surface area contributed by atoms with Crippen LogP contribution in [0.2, 0.25) is 20.1 Å². The Kier molecular flexibility index (Phi) is 33.2. The van der Waals surface area contributed by atoms with Crippen molar-refractivity contribution in [3.8, 4) is 17.1 Å². The van der Waals surface area contributed by atoms with E-state index in [1.165, 1.54) is 10.8 Å². The molecule has 0 aliphatic carbocycles. The summed E-state index contributed by atoms with van der Waals surface area (Å²) in [4.78, 5) is 43.2. The molecule has 0 atom stereocenters. The van der Waals surface area contributed by atoms with Gasteiger partial charge in [-0.2, -0.15) is 20.4 Å². The van der Waals surface area contributed by atoms with Gasteiger partial charge in [0.25, 0.3) is 0 Å². The third-order valence-electron chi connectivity index (χ3n) is 16.3. The van der Waals surface area contributed by atoms with Crippen LogP contribution < -0.4 is 0 Å². The molecule has 573 valence electrons. The van der Waals surface area contributed by atoms with Gasteiger partial charge in [0, 0.05) is 139 Å². The summed E-state index contributed by atoms with van der Waals surface area (Å²) in [6.45, 7) is 18.7. The number of aromatic amines is 1. The minimum atomic E-state index is -0.318. The third-order valence-corrected chi connectivity index (χ3v) is 21.1. The number of ether oxygens (including phenoxy) is 3. The van der Waals surface area contributed by atoms with Gasteiger partial charge in [-0.1, -0.05) is 140 Å². The van der Waals surface area contributed by atoms with E-state index in [0.29, 0.717) is 46.6 Å². The number of aryl methyl sites for hydroxylation is 4. The number of fused-ring (bicyclic) bond motifs is 4. The van der Waals surface area contributed by atoms with E-state index in [1.807, 2.05) is 190 Å². The van der Waals surface area contributed by atoms with Crippen molar-refractivity contribution in [1.29, 1.82) is 0 Å². The number of thiol groups is 1. The van der Waals surface area contributed by atoms with E-state index in [-0.39, 0.29) is 26.3 Å². The van der Waals surface area contributed by atoms with Crippen LogP contribution in [-0.4, -0.2) is 104 Å². The molecule has 0 spiro atoms. The summed E-state index contributed by atoms with van der Waals surface area (Å²) in [5, 5.41) is 24.8. The first-order chi connectivity index (χ1) is 53.3. The Labute approximate surface area is 698 Å². The van der Waals surface area contributed by atoms with Gasteiger partial charge in [-0.25, -0.2) is 14.4 Å². The molecule has 0 aliphatic rings. The lowest BCUT2D eigenvalue weighted by atomic mass is 10.2. The molecule has 7 aromatic carbocycles. The van der Waals surface area contributed by atoms with Crippen molar-refractivity contribution in [2.24, 2.45) is 0 Å². The van der Waals surface area contributed by atoms with Crippen LogP contribution in [0.1, 0.15) is 105 Å². The van der Waals surface area contributed by atoms with Gasteiger partial charge in [0.15, 0.2) is 0 Å². The van der Waals surface area contributed by atoms with E-state index in [9.17, 15) is 14.4 Å². The first-order valence-electron chi connectivity index (χ1n) is 35.7. The molecule has 0 amide bonds. The Morgan fingerprint density at radius 1 is 0.459 bits per heavy atom. The van der Waals surface area contributed by atoms with Crippen molar-refractivity contribution < 1.29 is 28.6 Å². The summed E-state index contributed by atoms with van der Waals surface area (Å²) in [6.07, 6.45) is 25.8. The maximum absolute atomic E-state index is 12.1. The van der Waals surface area contributed by atoms with Crippen LogP contribution >= 0.6 is 114 Å². The number of aromatic nitrogens is 12. The summed E-state index contributed by atoms with van der Waals surface area (Å²) in [5.41, 5.74) is 8.85. The van der Waals surface area contributed by atoms with Crippen LogP contribution in [0.25, 0.3) is 60.7 Å². The second-order valence-electron chi connectivity index (χ2n) is 24.5. The van der Waals surface area contributed by atoms with Gasteiger partial charge in [-0.15, -0.1) is 12.6 Å². The molecule has 1 N–H and O–H groups in total. The molecule has 0 fully saturated rings. The number of hydrogen-bond donors (Lipinski definition) is 2. The molecule has 0 saturated carbocycles. The number of nitrogens with zero attached hydrogens (tertiary/aromatic N) is 11. The van der Waals surface area contributed by atoms with Gasteiger partial charge in [0.2, 0.25) is 0 Å². The van der Waals surface area contributed by atoms with E-state index >= 15 is 0 Å². The van der Waals surface area contributed by atoms with Crippen molar-refractivity contribution in [3.63, 3.8) is 0 Å². The molecule has 8 heterocycles. The van der Waals surface area contributed by atoms with Crippen molar-refractivity contribution in [1.82, 2.24) is 57.8 Å². The highest BCUT2D eigenvalue weighted by Crippen LogP contribution is 2.44. The summed E-state index contributed by atoms with van der Waals surface area (Å²) >= 11 is 38.9. The molecule has 8 aromatic heterocycles. The van der Waals surface area contributed by atoms with Crippen LogP contribution in [0.5, 0.6) is 0 Å². The number of carbonyl (C=O) groups excluding carboxylic acids is 3. The number of nitrogens with one attached hydrogen (secondary N) is 1. The summed E-state index contributed by atoms with van der Waals surface area (Å²) in [6, 6.07) is 49.5. The fraction of sp³-hybridized carbons (Fsp3) is 0.217. The van der Waals surface area contributed by atoms with Gasteiger partial charge in [-0.05, 0) is 199 Å². The molecule has 15 aromatic rings. The van der Waals surface area contributed by atoms with Crippen molar-refractivity contribution >= 4 is 184 Å². The van der Waals surface area contributed by atoms with E-state index in [0.717, 1.165) is 145 Å². The molecular weight excluding hydrogens is 1670 g/mol. The van der Waals surface area contributed by atoms with Gasteiger partial charge in [0.05, 0.1) is 104 Å². The third kappa shape index (κ3) is 23.6. The SMILES string of the molecule is CCCn1cc(-n2c(Br)c(Sc3cccc(C(=O)OCC)c3)c3ccc(Cl)cc32)cn1.CCCn1cc(-n2cc(Sc3cccc(C(=O)OCC)c3)c3ccc(Cl)cc32)cn1.CCCn1cc(-n2ccc3ccc(Cl)cc32)cn1.CCCn1cc(Br)cn1.CCOC(=O)c1cccc(S)c1.Clc1ccc2cc[nH]c2c1.[B]. The Hall–Kier alpha value is -8.82. The molecule has 28 heteroatoms. The fourth-order valence-electron chi connectivity index (χ4n) is 11.4. The van der Waals surface area contributed by atoms with Gasteiger partial charge < -0.3 is 28.3 Å². The monoisotopic (exact) mass is 1750 g/mol. The topological polar surface area (TPSA) is 181 Å². The van der Waals surface area contributed by atoms with E-state index in [2.05, 4.69) is 130 Å². The zero-order valence-electron chi connectivity index (χ0n) is 62.1. The first kappa shape index (κ1) is 86.2. The standard InChI is InChI=1S/C23H21BrClN3O2S.C23H22ClN3O2S.C14H14ClN3.C9H10O2S.C8H6ClN.C6H9BrN2.B/c1-3-10-27-14-17(13-26-27)28-20-12-16(25)8-9-19(20)21(22(28)24)31-18-7-5-6-15(11-18)23(29)30-4-2;1-3-10-26-14-18(13-25-26)27-15-22(20-9-8-17(24)12-21(20)27)30-19-7-5-6-16(11-19)23(28)29-4-2;1-2-6-17-10-13(9-16-17)18-7-5-11-3-4-12(15)8-14(11)18;1-2-11-9(10)7-4-3-5-8(12)6-7;9-7-2-1-6-3-4-10-8(6)5-7;1-2-3-9-5-6(7)4-8-9;/h5-9,11-14H,3-4,10H2,1-2H3;5-9,11-15H,3-4,10H2,1-2H3;3-5,7-10H,2,6H2,1H3;3-6,12H,2H2,1H3;1-5,10H;4-5H,2-3H2,1H3;. The van der Waals surface area contributed by atoms with Crippen LogP contribution in [0.3, 0.4) is 0 Å². The van der Waals surface area contributed by atoms with E-state index < -0.39 is 0 Å². The minimum Gasteiger partial charge on any atom is -0.462 e. The molecule has 18 nitrogen and oxygen atoms in total. The van der Waals surface area contributed by atoms with Gasteiger partial charge in [0.1, 0.15) is 4.60 Å². The highest BCUT2D eigenvalue weighted by atomic mass is 79.9. The number of hydrogen-bond acceptors (Lipinski definition) is 13. The molecule has 0 unspecified atom stereocenters. The minimum absolute atomic E-state index is 0. The van der Waals surface area contributed by atoms with Crippen LogP contribution in [0.4, 0.5) is 0 Å². The Morgan fingerprint density at radius 3 is 1.46 bits per heavy atom.